The van der Waals surface area contributed by atoms with Gasteiger partial charge in [0.1, 0.15) is 5.75 Å². The van der Waals surface area contributed by atoms with Gasteiger partial charge in [0.15, 0.2) is 5.78 Å². The number of amides is 2. The highest BCUT2D eigenvalue weighted by Gasteiger charge is 2.43. The lowest BCUT2D eigenvalue weighted by atomic mass is 9.63. The Morgan fingerprint density at radius 1 is 1.07 bits per heavy atom. The van der Waals surface area contributed by atoms with Crippen LogP contribution < -0.4 is 10.1 Å². The Hall–Kier alpha value is -2.17. The number of fused-ring (bicyclic) bond motifs is 1. The lowest BCUT2D eigenvalue weighted by Gasteiger charge is -2.46. The van der Waals surface area contributed by atoms with Crippen molar-refractivity contribution in [2.24, 2.45) is 17.3 Å². The molecule has 1 aromatic carbocycles. The monoisotopic (exact) mass is 397 g/mol. The molecule has 1 aromatic rings. The molecular weight excluding hydrogens is 366 g/mol. The van der Waals surface area contributed by atoms with E-state index in [1.807, 2.05) is 18.2 Å². The molecule has 1 saturated heterocycles. The third kappa shape index (κ3) is 3.96. The van der Waals surface area contributed by atoms with Crippen LogP contribution in [-0.2, 0) is 16.0 Å². The maximum atomic E-state index is 12.8. The number of imide groups is 1. The zero-order valence-corrected chi connectivity index (χ0v) is 17.5. The number of carbonyl (C=O) groups is 3. The van der Waals surface area contributed by atoms with E-state index in [0.717, 1.165) is 36.1 Å². The molecule has 2 unspecified atom stereocenters. The zero-order chi connectivity index (χ0) is 20.6. The van der Waals surface area contributed by atoms with Crippen molar-refractivity contribution in [1.82, 2.24) is 5.32 Å². The van der Waals surface area contributed by atoms with Crippen molar-refractivity contribution in [2.75, 3.05) is 0 Å². The summed E-state index contributed by atoms with van der Waals surface area (Å²) in [5.41, 5.74) is 2.33. The topological polar surface area (TPSA) is 72.5 Å². The lowest BCUT2D eigenvalue weighted by Crippen LogP contribution is -2.43. The molecule has 2 amide bonds. The maximum Gasteiger partial charge on any atom is 0.229 e. The highest BCUT2D eigenvalue weighted by molar-refractivity contribution is 6.02. The maximum absolute atomic E-state index is 12.8. The van der Waals surface area contributed by atoms with Crippen molar-refractivity contribution in [1.29, 1.82) is 0 Å². The number of ether oxygens (including phenoxy) is 1. The highest BCUT2D eigenvalue weighted by atomic mass is 16.5. The first-order valence-electron chi connectivity index (χ1n) is 11.1. The molecule has 5 heteroatoms. The predicted molar refractivity (Wildman–Crippen MR) is 110 cm³/mol. The minimum atomic E-state index is -0.190. The van der Waals surface area contributed by atoms with E-state index in [1.165, 1.54) is 12.8 Å². The summed E-state index contributed by atoms with van der Waals surface area (Å²) in [6, 6.07) is 5.87. The molecule has 1 heterocycles. The predicted octanol–water partition coefficient (Wildman–Crippen LogP) is 4.22. The van der Waals surface area contributed by atoms with Crippen molar-refractivity contribution in [2.45, 2.75) is 77.7 Å². The first-order chi connectivity index (χ1) is 13.9. The van der Waals surface area contributed by atoms with Gasteiger partial charge in [-0.15, -0.1) is 0 Å². The third-order valence-corrected chi connectivity index (χ3v) is 7.52. The molecule has 0 radical (unpaired) electrons. The number of piperidine rings is 1. The van der Waals surface area contributed by atoms with Gasteiger partial charge in [-0.05, 0) is 67.7 Å². The van der Waals surface area contributed by atoms with Gasteiger partial charge in [0.05, 0.1) is 6.10 Å². The van der Waals surface area contributed by atoms with Gasteiger partial charge in [0, 0.05) is 23.8 Å². The third-order valence-electron chi connectivity index (χ3n) is 7.52. The van der Waals surface area contributed by atoms with E-state index in [1.54, 1.807) is 0 Å². The fraction of sp³-hybridized carbons (Fsp3) is 0.625. The molecule has 156 valence electrons. The van der Waals surface area contributed by atoms with E-state index in [0.29, 0.717) is 31.1 Å². The standard InChI is InChI=1S/C24H31NO4/c1-3-24(4-2)13-19(14-24)29-18-8-9-20-17(12-18)11-16(22(20)27)6-5-15-7-10-21(26)25-23(15)28/h8-9,12,15-16,19H,3-7,10-11,13-14H2,1-2H3,(H,25,26,28). The van der Waals surface area contributed by atoms with Crippen molar-refractivity contribution in [3.05, 3.63) is 29.3 Å². The van der Waals surface area contributed by atoms with E-state index < -0.39 is 0 Å². The number of nitrogens with one attached hydrogen (secondary N) is 1. The van der Waals surface area contributed by atoms with E-state index >= 15 is 0 Å². The van der Waals surface area contributed by atoms with Crippen LogP contribution in [0.15, 0.2) is 18.2 Å². The van der Waals surface area contributed by atoms with Gasteiger partial charge in [0.2, 0.25) is 11.8 Å². The molecule has 2 aliphatic carbocycles. The van der Waals surface area contributed by atoms with E-state index in [-0.39, 0.29) is 35.5 Å². The average Bonchev–Trinajstić information content (AvgIpc) is 2.99. The summed E-state index contributed by atoms with van der Waals surface area (Å²) < 4.78 is 6.19. The molecule has 4 rings (SSSR count). The second kappa shape index (κ2) is 7.92. The molecule has 29 heavy (non-hydrogen) atoms. The van der Waals surface area contributed by atoms with E-state index in [9.17, 15) is 14.4 Å². The molecule has 1 N–H and O–H groups in total. The van der Waals surface area contributed by atoms with Gasteiger partial charge in [0.25, 0.3) is 0 Å². The van der Waals surface area contributed by atoms with Crippen LogP contribution in [0.25, 0.3) is 0 Å². The molecule has 1 aliphatic heterocycles. The average molecular weight is 398 g/mol. The minimum absolute atomic E-state index is 0.0674. The Morgan fingerprint density at radius 2 is 1.79 bits per heavy atom. The Bertz CT molecular complexity index is 818. The second-order valence-electron chi connectivity index (χ2n) is 9.16. The smallest absolute Gasteiger partial charge is 0.229 e. The van der Waals surface area contributed by atoms with Crippen LogP contribution in [0.4, 0.5) is 0 Å². The number of ketones is 1. The van der Waals surface area contributed by atoms with Gasteiger partial charge < -0.3 is 4.74 Å². The lowest BCUT2D eigenvalue weighted by molar-refractivity contribution is -0.136. The summed E-state index contributed by atoms with van der Waals surface area (Å²) in [7, 11) is 0. The minimum Gasteiger partial charge on any atom is -0.490 e. The SMILES string of the molecule is CCC1(CC)CC(Oc2ccc3c(c2)CC(CCC2CCC(=O)NC2=O)C3=O)C1. The van der Waals surface area contributed by atoms with Gasteiger partial charge in [-0.1, -0.05) is 26.7 Å². The van der Waals surface area contributed by atoms with Crippen LogP contribution in [-0.4, -0.2) is 23.7 Å². The summed E-state index contributed by atoms with van der Waals surface area (Å²) in [5, 5.41) is 2.40. The number of hydrogen-bond acceptors (Lipinski definition) is 4. The molecule has 2 fully saturated rings. The van der Waals surface area contributed by atoms with Crippen LogP contribution in [0.3, 0.4) is 0 Å². The first-order valence-corrected chi connectivity index (χ1v) is 11.1. The van der Waals surface area contributed by atoms with Crippen molar-refractivity contribution >= 4 is 17.6 Å². The van der Waals surface area contributed by atoms with Crippen LogP contribution in [0, 0.1) is 17.3 Å². The summed E-state index contributed by atoms with van der Waals surface area (Å²) >= 11 is 0. The number of hydrogen-bond donors (Lipinski definition) is 1. The molecule has 0 aromatic heterocycles. The normalized spacial score (nSPS) is 26.1. The fourth-order valence-electron chi connectivity index (χ4n) is 5.29. The first kappa shape index (κ1) is 20.1. The van der Waals surface area contributed by atoms with Crippen molar-refractivity contribution < 1.29 is 19.1 Å². The van der Waals surface area contributed by atoms with Crippen molar-refractivity contribution in [3.8, 4) is 5.75 Å². The quantitative estimate of drug-likeness (QED) is 0.699. The van der Waals surface area contributed by atoms with Crippen LogP contribution in [0.5, 0.6) is 5.75 Å². The van der Waals surface area contributed by atoms with Crippen LogP contribution >= 0.6 is 0 Å². The van der Waals surface area contributed by atoms with Crippen LogP contribution in [0.1, 0.15) is 81.1 Å². The molecule has 2 atom stereocenters. The zero-order valence-electron chi connectivity index (χ0n) is 17.5. The number of Topliss-reactive ketones (excluding diaryl/α,β-unsaturated/α-hetero) is 1. The van der Waals surface area contributed by atoms with Gasteiger partial charge in [-0.3, -0.25) is 19.7 Å². The van der Waals surface area contributed by atoms with Gasteiger partial charge in [-0.2, -0.15) is 0 Å². The number of carbonyl (C=O) groups excluding carboxylic acids is 3. The van der Waals surface area contributed by atoms with E-state index in [2.05, 4.69) is 19.2 Å². The molecule has 3 aliphatic rings. The summed E-state index contributed by atoms with van der Waals surface area (Å²) in [6.45, 7) is 4.52. The van der Waals surface area contributed by atoms with Gasteiger partial charge in [-0.25, -0.2) is 0 Å². The largest absolute Gasteiger partial charge is 0.490 e. The molecule has 1 saturated carbocycles. The highest BCUT2D eigenvalue weighted by Crippen LogP contribution is 2.48. The molecule has 0 bridgehead atoms. The number of rotatable bonds is 7. The molecule has 5 nitrogen and oxygen atoms in total. The Morgan fingerprint density at radius 3 is 2.48 bits per heavy atom. The summed E-state index contributed by atoms with van der Waals surface area (Å²) in [6.07, 6.45) is 7.98. The molecule has 0 spiro atoms. The Balaban J connectivity index is 1.33. The number of benzene rings is 1. The van der Waals surface area contributed by atoms with E-state index in [4.69, 9.17) is 4.74 Å². The Kier molecular flexibility index (Phi) is 5.50. The fourth-order valence-corrected chi connectivity index (χ4v) is 5.29. The van der Waals surface area contributed by atoms with Gasteiger partial charge >= 0.3 is 0 Å². The molecular formula is C24H31NO4. The Labute approximate surface area is 172 Å². The van der Waals surface area contributed by atoms with Crippen LogP contribution in [0.2, 0.25) is 0 Å². The summed E-state index contributed by atoms with van der Waals surface area (Å²) in [4.78, 5) is 36.0. The summed E-state index contributed by atoms with van der Waals surface area (Å²) in [5.74, 6) is 0.452. The van der Waals surface area contributed by atoms with Crippen molar-refractivity contribution in [3.63, 3.8) is 0 Å². The second-order valence-corrected chi connectivity index (χ2v) is 9.16.